The molecule has 8 nitrogen and oxygen atoms in total. The summed E-state index contributed by atoms with van der Waals surface area (Å²) in [5.41, 5.74) is 0.865. The number of benzene rings is 2. The third-order valence-corrected chi connectivity index (χ3v) is 6.84. The molecule has 2 aromatic carbocycles. The van der Waals surface area contributed by atoms with Gasteiger partial charge in [0.2, 0.25) is 0 Å². The van der Waals surface area contributed by atoms with Crippen LogP contribution in [-0.4, -0.2) is 72.1 Å². The maximum absolute atomic E-state index is 13.2. The van der Waals surface area contributed by atoms with Gasteiger partial charge in [0, 0.05) is 12.1 Å². The van der Waals surface area contributed by atoms with Crippen LogP contribution in [-0.2, 0) is 9.59 Å². The lowest BCUT2D eigenvalue weighted by atomic mass is 9.95. The minimum absolute atomic E-state index is 0.0225. The van der Waals surface area contributed by atoms with Crippen molar-refractivity contribution in [3.8, 4) is 17.2 Å². The van der Waals surface area contributed by atoms with Gasteiger partial charge in [0.1, 0.15) is 11.5 Å². The van der Waals surface area contributed by atoms with Crippen molar-refractivity contribution in [1.29, 1.82) is 0 Å². The van der Waals surface area contributed by atoms with E-state index in [-0.39, 0.29) is 22.8 Å². The van der Waals surface area contributed by atoms with E-state index in [2.05, 4.69) is 34.7 Å². The van der Waals surface area contributed by atoms with Crippen LogP contribution in [0.4, 0.5) is 0 Å². The van der Waals surface area contributed by atoms with Crippen molar-refractivity contribution in [3.05, 3.63) is 57.6 Å². The van der Waals surface area contributed by atoms with Gasteiger partial charge in [0.05, 0.1) is 30.3 Å². The Balaban J connectivity index is 2.13. The molecule has 1 aliphatic rings. The Hall–Kier alpha value is -3.04. The summed E-state index contributed by atoms with van der Waals surface area (Å²) in [6.07, 6.45) is 0.654. The molecule has 0 spiro atoms. The van der Waals surface area contributed by atoms with Crippen molar-refractivity contribution >= 4 is 33.4 Å². The van der Waals surface area contributed by atoms with Crippen LogP contribution < -0.4 is 9.47 Å². The third-order valence-electron chi connectivity index (χ3n) is 6.24. The van der Waals surface area contributed by atoms with E-state index in [1.807, 2.05) is 0 Å². The molecule has 2 N–H and O–H groups in total. The molecule has 3 rings (SSSR count). The molecular formula is C26H31BrN2O6. The monoisotopic (exact) mass is 546 g/mol. The molecule has 0 aliphatic carbocycles. The molecule has 0 aromatic heterocycles. The van der Waals surface area contributed by atoms with Crippen LogP contribution in [0.1, 0.15) is 37.4 Å². The lowest BCUT2D eigenvalue weighted by Gasteiger charge is -2.27. The van der Waals surface area contributed by atoms with Gasteiger partial charge < -0.3 is 29.5 Å². The number of rotatable bonds is 10. The Morgan fingerprint density at radius 3 is 2.46 bits per heavy atom. The second kappa shape index (κ2) is 11.6. The molecule has 1 saturated heterocycles. The number of hydrogen-bond donors (Lipinski definition) is 2. The molecule has 0 radical (unpaired) electrons. The van der Waals surface area contributed by atoms with Gasteiger partial charge in [-0.05, 0) is 71.8 Å². The highest BCUT2D eigenvalue weighted by atomic mass is 79.9. The van der Waals surface area contributed by atoms with Gasteiger partial charge in [-0.25, -0.2) is 0 Å². The van der Waals surface area contributed by atoms with Crippen LogP contribution in [0.3, 0.4) is 0 Å². The highest BCUT2D eigenvalue weighted by Crippen LogP contribution is 2.44. The van der Waals surface area contributed by atoms with Gasteiger partial charge in [-0.3, -0.25) is 9.59 Å². The molecule has 1 heterocycles. The number of nitrogens with zero attached hydrogens (tertiary/aromatic N) is 2. The van der Waals surface area contributed by atoms with Crippen LogP contribution >= 0.6 is 15.9 Å². The van der Waals surface area contributed by atoms with Crippen LogP contribution in [0.25, 0.3) is 5.76 Å². The van der Waals surface area contributed by atoms with Crippen LogP contribution in [0.2, 0.25) is 0 Å². The van der Waals surface area contributed by atoms with E-state index in [9.17, 15) is 19.8 Å². The quantitative estimate of drug-likeness (QED) is 0.260. The maximum atomic E-state index is 13.2. The predicted molar refractivity (Wildman–Crippen MR) is 137 cm³/mol. The van der Waals surface area contributed by atoms with Crippen molar-refractivity contribution in [2.24, 2.45) is 0 Å². The van der Waals surface area contributed by atoms with E-state index in [1.54, 1.807) is 36.4 Å². The number of methoxy groups -OCH3 is 2. The Morgan fingerprint density at radius 1 is 1.11 bits per heavy atom. The van der Waals surface area contributed by atoms with E-state index < -0.39 is 17.7 Å². The second-order valence-electron chi connectivity index (χ2n) is 8.16. The molecule has 188 valence electrons. The highest BCUT2D eigenvalue weighted by molar-refractivity contribution is 9.10. The summed E-state index contributed by atoms with van der Waals surface area (Å²) >= 11 is 3.33. The van der Waals surface area contributed by atoms with Gasteiger partial charge in [-0.15, -0.1) is 0 Å². The number of Topliss-reactive ketones (excluding diaryl/α,β-unsaturated/α-hetero) is 1. The standard InChI is InChI=1S/C26H31BrN2O6/c1-5-28(6-2)11-8-12-29-22(17-14-19(27)24(31)20(15-17)35-4)21(25(32)26(29)33)23(30)16-9-7-10-18(13-16)34-3/h7,9-10,13-15,22,30-31H,5-6,8,11-12H2,1-4H3/b23-21+. The number of aliphatic hydroxyl groups excluding tert-OH is 1. The molecule has 0 saturated carbocycles. The SMILES string of the molecule is CCN(CC)CCCN1C(=O)C(=O)/C(=C(/O)c2cccc(OC)c2)C1c1cc(Br)c(O)c(OC)c1. The number of phenolic OH excluding ortho intramolecular Hbond substituents is 1. The largest absolute Gasteiger partial charge is 0.507 e. The van der Waals surface area contributed by atoms with Crippen LogP contribution in [0, 0.1) is 0 Å². The molecule has 2 aromatic rings. The Bertz CT molecular complexity index is 1130. The normalized spacial score (nSPS) is 17.3. The summed E-state index contributed by atoms with van der Waals surface area (Å²) in [7, 11) is 2.93. The lowest BCUT2D eigenvalue weighted by molar-refractivity contribution is -0.140. The fraction of sp³-hybridized carbons (Fsp3) is 0.385. The van der Waals surface area contributed by atoms with Gasteiger partial charge in [-0.1, -0.05) is 26.0 Å². The van der Waals surface area contributed by atoms with Gasteiger partial charge >= 0.3 is 0 Å². The number of carbonyl (C=O) groups is 2. The number of hydrogen-bond acceptors (Lipinski definition) is 7. The first-order valence-corrected chi connectivity index (χ1v) is 12.3. The molecule has 1 aliphatic heterocycles. The van der Waals surface area contributed by atoms with Crippen molar-refractivity contribution < 1.29 is 29.3 Å². The second-order valence-corrected chi connectivity index (χ2v) is 9.01. The third kappa shape index (κ3) is 5.46. The van der Waals surface area contributed by atoms with Crippen molar-refractivity contribution in [2.75, 3.05) is 40.4 Å². The predicted octanol–water partition coefficient (Wildman–Crippen LogP) is 4.33. The minimum atomic E-state index is -0.858. The number of ether oxygens (including phenoxy) is 2. The number of aromatic hydroxyl groups is 1. The molecule has 1 amide bonds. The number of carbonyl (C=O) groups excluding carboxylic acids is 2. The smallest absolute Gasteiger partial charge is 0.295 e. The minimum Gasteiger partial charge on any atom is -0.507 e. The van der Waals surface area contributed by atoms with Crippen molar-refractivity contribution in [1.82, 2.24) is 9.80 Å². The van der Waals surface area contributed by atoms with Gasteiger partial charge in [-0.2, -0.15) is 0 Å². The van der Waals surface area contributed by atoms with Crippen LogP contribution in [0.5, 0.6) is 17.2 Å². The Labute approximate surface area is 213 Å². The summed E-state index contributed by atoms with van der Waals surface area (Å²) in [5.74, 6) is -1.13. The lowest BCUT2D eigenvalue weighted by Crippen LogP contribution is -2.33. The van der Waals surface area contributed by atoms with E-state index in [0.717, 1.165) is 19.6 Å². The first-order chi connectivity index (χ1) is 16.8. The average Bonchev–Trinajstić information content (AvgIpc) is 3.12. The number of aliphatic hydroxyl groups is 1. The molecular weight excluding hydrogens is 516 g/mol. The molecule has 9 heteroatoms. The van der Waals surface area contributed by atoms with Crippen molar-refractivity contribution in [3.63, 3.8) is 0 Å². The summed E-state index contributed by atoms with van der Waals surface area (Å²) < 4.78 is 10.9. The van der Waals surface area contributed by atoms with E-state index in [1.165, 1.54) is 19.1 Å². The van der Waals surface area contributed by atoms with E-state index in [0.29, 0.717) is 34.3 Å². The zero-order valence-electron chi connectivity index (χ0n) is 20.4. The number of likely N-dealkylation sites (tertiary alicyclic amines) is 1. The van der Waals surface area contributed by atoms with Crippen LogP contribution in [0.15, 0.2) is 46.4 Å². The zero-order chi connectivity index (χ0) is 25.7. The zero-order valence-corrected chi connectivity index (χ0v) is 22.0. The molecule has 0 bridgehead atoms. The first kappa shape index (κ1) is 26.6. The number of halogens is 1. The fourth-order valence-electron chi connectivity index (χ4n) is 4.29. The number of amides is 1. The summed E-state index contributed by atoms with van der Waals surface area (Å²) in [6, 6.07) is 9.02. The summed E-state index contributed by atoms with van der Waals surface area (Å²) in [6.45, 7) is 7.00. The highest BCUT2D eigenvalue weighted by Gasteiger charge is 2.46. The van der Waals surface area contributed by atoms with E-state index in [4.69, 9.17) is 9.47 Å². The Kier molecular flexibility index (Phi) is 8.80. The average molecular weight is 547 g/mol. The maximum Gasteiger partial charge on any atom is 0.295 e. The topological polar surface area (TPSA) is 99.5 Å². The number of ketones is 1. The molecule has 1 unspecified atom stereocenters. The van der Waals surface area contributed by atoms with Crippen molar-refractivity contribution in [2.45, 2.75) is 26.3 Å². The summed E-state index contributed by atoms with van der Waals surface area (Å²) in [4.78, 5) is 30.1. The van der Waals surface area contributed by atoms with Gasteiger partial charge in [0.15, 0.2) is 11.5 Å². The molecule has 1 atom stereocenters. The summed E-state index contributed by atoms with van der Waals surface area (Å²) in [5, 5.41) is 21.5. The fourth-order valence-corrected chi connectivity index (χ4v) is 4.75. The molecule has 1 fully saturated rings. The van der Waals surface area contributed by atoms with E-state index >= 15 is 0 Å². The Morgan fingerprint density at radius 2 is 1.83 bits per heavy atom. The molecule has 35 heavy (non-hydrogen) atoms. The number of phenols is 1. The van der Waals surface area contributed by atoms with Gasteiger partial charge in [0.25, 0.3) is 11.7 Å². The first-order valence-electron chi connectivity index (χ1n) is 11.5.